The quantitative estimate of drug-likeness (QED) is 0.832. The molecule has 1 fully saturated rings. The van der Waals surface area contributed by atoms with E-state index >= 15 is 0 Å². The number of benzene rings is 1. The van der Waals surface area contributed by atoms with Gasteiger partial charge in [-0.2, -0.15) is 0 Å². The molecule has 2 aromatic rings. The van der Waals surface area contributed by atoms with Crippen molar-refractivity contribution in [2.24, 2.45) is 0 Å². The van der Waals surface area contributed by atoms with E-state index in [-0.39, 0.29) is 5.75 Å². The van der Waals surface area contributed by atoms with Gasteiger partial charge in [-0.25, -0.2) is 8.42 Å². The second-order valence-corrected chi connectivity index (χ2v) is 9.92. The lowest BCUT2D eigenvalue weighted by molar-refractivity contribution is 0.277. The summed E-state index contributed by atoms with van der Waals surface area (Å²) in [5.41, 5.74) is 1.98. The highest BCUT2D eigenvalue weighted by Crippen LogP contribution is 2.28. The highest BCUT2D eigenvalue weighted by molar-refractivity contribution is 7.92. The number of rotatable bonds is 2. The molecule has 0 amide bonds. The molecule has 0 N–H and O–H groups in total. The van der Waals surface area contributed by atoms with Crippen LogP contribution in [0.4, 0.5) is 0 Å². The first-order valence-electron chi connectivity index (χ1n) is 7.76. The number of fused-ring (bicyclic) bond motifs is 1. The molecule has 3 rings (SSSR count). The van der Waals surface area contributed by atoms with Crippen LogP contribution in [0.3, 0.4) is 0 Å². The number of hydrogen-bond acceptors (Lipinski definition) is 4. The van der Waals surface area contributed by atoms with Crippen molar-refractivity contribution in [1.29, 1.82) is 0 Å². The second-order valence-electron chi connectivity index (χ2n) is 6.74. The van der Waals surface area contributed by atoms with E-state index in [2.05, 4.69) is 9.88 Å². The van der Waals surface area contributed by atoms with Gasteiger partial charge in [-0.05, 0) is 44.0 Å². The van der Waals surface area contributed by atoms with Crippen LogP contribution < -0.4 is 0 Å². The van der Waals surface area contributed by atoms with Crippen LogP contribution >= 0.6 is 11.6 Å². The van der Waals surface area contributed by atoms with E-state index < -0.39 is 14.6 Å². The predicted octanol–water partition coefficient (Wildman–Crippen LogP) is 3.29. The van der Waals surface area contributed by atoms with Crippen LogP contribution in [0, 0.1) is 0 Å². The maximum absolute atomic E-state index is 12.3. The zero-order valence-electron chi connectivity index (χ0n) is 13.4. The van der Waals surface area contributed by atoms with Gasteiger partial charge in [-0.15, -0.1) is 0 Å². The van der Waals surface area contributed by atoms with Crippen molar-refractivity contribution in [2.45, 2.75) is 31.6 Å². The molecule has 0 unspecified atom stereocenters. The van der Waals surface area contributed by atoms with Crippen molar-refractivity contribution in [3.05, 3.63) is 41.0 Å². The summed E-state index contributed by atoms with van der Waals surface area (Å²) >= 11 is 6.22. The zero-order valence-corrected chi connectivity index (χ0v) is 15.0. The molecule has 124 valence electrons. The van der Waals surface area contributed by atoms with Crippen LogP contribution in [0.25, 0.3) is 10.9 Å². The Balaban J connectivity index is 1.88. The summed E-state index contributed by atoms with van der Waals surface area (Å²) in [4.78, 5) is 6.65. The molecule has 0 saturated carbocycles. The Hall–Kier alpha value is -1.17. The molecule has 1 aliphatic heterocycles. The number of aromatic nitrogens is 1. The maximum atomic E-state index is 12.3. The summed E-state index contributed by atoms with van der Waals surface area (Å²) in [5, 5.41) is 1.70. The summed E-state index contributed by atoms with van der Waals surface area (Å²) in [6.07, 6.45) is 2.41. The SMILES string of the molecule is CC1(C)CCN(Cc2cc(Cl)cc3cccnc23)CCS1(=O)=O. The number of hydrogen-bond donors (Lipinski definition) is 0. The summed E-state index contributed by atoms with van der Waals surface area (Å²) in [6.45, 7) is 5.61. The third kappa shape index (κ3) is 3.37. The number of nitrogens with zero attached hydrogens (tertiary/aromatic N) is 2. The third-order valence-electron chi connectivity index (χ3n) is 4.69. The minimum absolute atomic E-state index is 0.200. The summed E-state index contributed by atoms with van der Waals surface area (Å²) in [5.74, 6) is 0.200. The van der Waals surface area contributed by atoms with Gasteiger partial charge in [-0.1, -0.05) is 17.7 Å². The van der Waals surface area contributed by atoms with Gasteiger partial charge in [0.05, 0.1) is 16.0 Å². The van der Waals surface area contributed by atoms with Gasteiger partial charge in [-0.3, -0.25) is 9.88 Å². The van der Waals surface area contributed by atoms with Crippen molar-refractivity contribution in [3.8, 4) is 0 Å². The third-order valence-corrected chi connectivity index (χ3v) is 7.52. The lowest BCUT2D eigenvalue weighted by atomic mass is 10.1. The molecule has 1 aliphatic rings. The van der Waals surface area contributed by atoms with E-state index in [0.717, 1.165) is 23.0 Å². The van der Waals surface area contributed by atoms with Crippen molar-refractivity contribution in [1.82, 2.24) is 9.88 Å². The zero-order chi connectivity index (χ0) is 16.7. The second kappa shape index (κ2) is 6.04. The van der Waals surface area contributed by atoms with Gasteiger partial charge in [0.15, 0.2) is 9.84 Å². The molecule has 0 aliphatic carbocycles. The lowest BCUT2D eigenvalue weighted by Gasteiger charge is -2.22. The Morgan fingerprint density at radius 2 is 2.09 bits per heavy atom. The molecular formula is C17H21ClN2O2S. The number of halogens is 1. The largest absolute Gasteiger partial charge is 0.298 e. The van der Waals surface area contributed by atoms with Gasteiger partial charge < -0.3 is 0 Å². The molecule has 1 saturated heterocycles. The van der Waals surface area contributed by atoms with Gasteiger partial charge in [0.1, 0.15) is 0 Å². The average molecular weight is 353 g/mol. The Kier molecular flexibility index (Phi) is 4.38. The van der Waals surface area contributed by atoms with Gasteiger partial charge in [0.25, 0.3) is 0 Å². The minimum Gasteiger partial charge on any atom is -0.298 e. The molecule has 0 bridgehead atoms. The number of sulfone groups is 1. The molecule has 1 aromatic heterocycles. The van der Waals surface area contributed by atoms with E-state index in [0.29, 0.717) is 24.5 Å². The normalized spacial score (nSPS) is 21.2. The van der Waals surface area contributed by atoms with Crippen molar-refractivity contribution in [3.63, 3.8) is 0 Å². The lowest BCUT2D eigenvalue weighted by Crippen LogP contribution is -2.33. The van der Waals surface area contributed by atoms with Crippen molar-refractivity contribution >= 4 is 32.3 Å². The summed E-state index contributed by atoms with van der Waals surface area (Å²) in [6, 6.07) is 7.72. The minimum atomic E-state index is -3.06. The summed E-state index contributed by atoms with van der Waals surface area (Å²) in [7, 11) is -3.06. The fourth-order valence-corrected chi connectivity index (χ4v) is 4.67. The monoisotopic (exact) mass is 352 g/mol. The van der Waals surface area contributed by atoms with Gasteiger partial charge >= 0.3 is 0 Å². The fraction of sp³-hybridized carbons (Fsp3) is 0.471. The van der Waals surface area contributed by atoms with E-state index in [9.17, 15) is 8.42 Å². The first-order valence-corrected chi connectivity index (χ1v) is 9.79. The smallest absolute Gasteiger partial charge is 0.156 e. The van der Waals surface area contributed by atoms with E-state index in [1.807, 2.05) is 38.1 Å². The average Bonchev–Trinajstić information content (AvgIpc) is 2.58. The Morgan fingerprint density at radius 1 is 1.30 bits per heavy atom. The van der Waals surface area contributed by atoms with E-state index in [1.165, 1.54) is 0 Å². The summed E-state index contributed by atoms with van der Waals surface area (Å²) < 4.78 is 24.0. The Labute approximate surface area is 142 Å². The van der Waals surface area contributed by atoms with Crippen LogP contribution in [0.1, 0.15) is 25.8 Å². The van der Waals surface area contributed by atoms with E-state index in [1.54, 1.807) is 6.20 Å². The van der Waals surface area contributed by atoms with Crippen LogP contribution in [0.2, 0.25) is 5.02 Å². The van der Waals surface area contributed by atoms with Crippen molar-refractivity contribution < 1.29 is 8.42 Å². The predicted molar refractivity (Wildman–Crippen MR) is 94.5 cm³/mol. The van der Waals surface area contributed by atoms with Crippen LogP contribution in [-0.2, 0) is 16.4 Å². The fourth-order valence-electron chi connectivity index (χ4n) is 2.97. The molecule has 4 nitrogen and oxygen atoms in total. The molecule has 0 spiro atoms. The van der Waals surface area contributed by atoms with Crippen molar-refractivity contribution in [2.75, 3.05) is 18.8 Å². The molecule has 0 radical (unpaired) electrons. The maximum Gasteiger partial charge on any atom is 0.156 e. The molecule has 1 aromatic carbocycles. The first-order chi connectivity index (χ1) is 10.8. The first kappa shape index (κ1) is 16.7. The van der Waals surface area contributed by atoms with Gasteiger partial charge in [0, 0.05) is 36.2 Å². The molecule has 6 heteroatoms. The molecule has 2 heterocycles. The van der Waals surface area contributed by atoms with Crippen LogP contribution in [0.5, 0.6) is 0 Å². The molecule has 0 atom stereocenters. The molecular weight excluding hydrogens is 332 g/mol. The van der Waals surface area contributed by atoms with Crippen LogP contribution in [0.15, 0.2) is 30.5 Å². The number of pyridine rings is 1. The highest BCUT2D eigenvalue weighted by atomic mass is 35.5. The highest BCUT2D eigenvalue weighted by Gasteiger charge is 2.36. The van der Waals surface area contributed by atoms with Gasteiger partial charge in [0.2, 0.25) is 0 Å². The Bertz CT molecular complexity index is 834. The topological polar surface area (TPSA) is 50.3 Å². The van der Waals surface area contributed by atoms with Crippen LogP contribution in [-0.4, -0.2) is 41.9 Å². The molecule has 23 heavy (non-hydrogen) atoms. The van der Waals surface area contributed by atoms with E-state index in [4.69, 9.17) is 11.6 Å². The standard InChI is InChI=1S/C17H21ClN2O2S/c1-17(2)5-7-20(8-9-23(17,21)22)12-14-11-15(18)10-13-4-3-6-19-16(13)14/h3-4,6,10-11H,5,7-9,12H2,1-2H3. The Morgan fingerprint density at radius 3 is 2.87 bits per heavy atom.